The minimum atomic E-state index is -0.324. The zero-order valence-electron chi connectivity index (χ0n) is 17.5. The fraction of sp³-hybridized carbons (Fsp3) is 0.333. The third-order valence-corrected chi connectivity index (χ3v) is 6.11. The van der Waals surface area contributed by atoms with Crippen LogP contribution in [0.4, 0.5) is 0 Å². The van der Waals surface area contributed by atoms with Crippen LogP contribution in [-0.2, 0) is 0 Å². The highest BCUT2D eigenvalue weighted by molar-refractivity contribution is 6.57. The van der Waals surface area contributed by atoms with E-state index in [0.717, 1.165) is 48.7 Å². The molecule has 0 radical (unpaired) electrons. The van der Waals surface area contributed by atoms with Gasteiger partial charge in [-0.15, -0.1) is 0 Å². The van der Waals surface area contributed by atoms with Gasteiger partial charge < -0.3 is 18.6 Å². The van der Waals surface area contributed by atoms with Crippen LogP contribution in [0.2, 0.25) is 11.6 Å². The van der Waals surface area contributed by atoms with Crippen molar-refractivity contribution in [3.8, 4) is 23.0 Å². The van der Waals surface area contributed by atoms with Crippen molar-refractivity contribution in [1.29, 1.82) is 0 Å². The first-order valence-corrected chi connectivity index (χ1v) is 10.8. The van der Waals surface area contributed by atoms with Crippen molar-refractivity contribution >= 4 is 14.2 Å². The molecule has 2 aromatic carbocycles. The Morgan fingerprint density at radius 3 is 1.83 bits per heavy atom. The first-order chi connectivity index (χ1) is 14.7. The van der Waals surface area contributed by atoms with E-state index in [1.807, 2.05) is 48.5 Å². The van der Waals surface area contributed by atoms with Gasteiger partial charge in [-0.3, -0.25) is 0 Å². The van der Waals surface area contributed by atoms with E-state index in [1.165, 1.54) is 11.1 Å². The number of fused-ring (bicyclic) bond motifs is 2. The molecule has 0 saturated heterocycles. The molecule has 152 valence electrons. The largest absolute Gasteiger partial charge is 0.598 e. The van der Waals surface area contributed by atoms with Crippen LogP contribution in [0.3, 0.4) is 0 Å². The van der Waals surface area contributed by atoms with Crippen LogP contribution < -0.4 is 18.6 Å². The lowest BCUT2D eigenvalue weighted by Crippen LogP contribution is -2.43. The molecule has 2 heterocycles. The van der Waals surface area contributed by atoms with Crippen LogP contribution in [0.5, 0.6) is 23.0 Å². The normalized spacial score (nSPS) is 21.5. The molecule has 1 aliphatic carbocycles. The lowest BCUT2D eigenvalue weighted by Gasteiger charge is -2.31. The average molecular weight is 400 g/mol. The highest BCUT2D eigenvalue weighted by atomic mass is 16.6. The molecule has 0 amide bonds. The van der Waals surface area contributed by atoms with Crippen LogP contribution in [0.25, 0.3) is 0 Å². The number of hydrogen-bond acceptors (Lipinski definition) is 4. The maximum absolute atomic E-state index is 6.23. The zero-order chi connectivity index (χ0) is 20.5. The molecule has 2 aliphatic heterocycles. The second kappa shape index (κ2) is 8.17. The van der Waals surface area contributed by atoms with Crippen LogP contribution in [-0.4, -0.2) is 14.2 Å². The lowest BCUT2D eigenvalue weighted by molar-refractivity contribution is 0.411. The second-order valence-corrected chi connectivity index (χ2v) is 8.55. The predicted octanol–water partition coefficient (Wildman–Crippen LogP) is 6.11. The van der Waals surface area contributed by atoms with Crippen LogP contribution in [0.1, 0.15) is 39.5 Å². The third kappa shape index (κ3) is 3.83. The SMILES string of the molecule is CC(C)=CCCC1=CC[C@H](B2Oc3ccccc3O2)[C@@H](B2Oc3ccccc3O2)C1. The van der Waals surface area contributed by atoms with Gasteiger partial charge in [0.1, 0.15) is 23.0 Å². The molecular weight excluding hydrogens is 374 g/mol. The van der Waals surface area contributed by atoms with Crippen LogP contribution in [0, 0.1) is 0 Å². The topological polar surface area (TPSA) is 36.9 Å². The van der Waals surface area contributed by atoms with Gasteiger partial charge in [-0.2, -0.15) is 0 Å². The van der Waals surface area contributed by atoms with E-state index in [0.29, 0.717) is 0 Å². The number of para-hydroxylation sites is 4. The summed E-state index contributed by atoms with van der Waals surface area (Å²) in [5.41, 5.74) is 2.83. The lowest BCUT2D eigenvalue weighted by atomic mass is 9.49. The van der Waals surface area contributed by atoms with E-state index in [4.69, 9.17) is 18.6 Å². The maximum atomic E-state index is 6.23. The van der Waals surface area contributed by atoms with E-state index >= 15 is 0 Å². The fourth-order valence-electron chi connectivity index (χ4n) is 4.56. The summed E-state index contributed by atoms with van der Waals surface area (Å²) in [5, 5.41) is 0. The Labute approximate surface area is 179 Å². The van der Waals surface area contributed by atoms with E-state index in [1.54, 1.807) is 0 Å². The Bertz CT molecular complexity index is 933. The first kappa shape index (κ1) is 19.2. The number of hydrogen-bond donors (Lipinski definition) is 0. The summed E-state index contributed by atoms with van der Waals surface area (Å²) in [4.78, 5) is 0. The Kier molecular flexibility index (Phi) is 5.24. The molecule has 4 nitrogen and oxygen atoms in total. The van der Waals surface area contributed by atoms with Crippen molar-refractivity contribution in [1.82, 2.24) is 0 Å². The number of rotatable bonds is 5. The molecule has 0 aromatic heterocycles. The minimum Gasteiger partial charge on any atom is -0.523 e. The summed E-state index contributed by atoms with van der Waals surface area (Å²) in [6.45, 7) is 4.30. The van der Waals surface area contributed by atoms with Gasteiger partial charge in [0.2, 0.25) is 0 Å². The van der Waals surface area contributed by atoms with Crippen molar-refractivity contribution in [3.05, 3.63) is 71.8 Å². The van der Waals surface area contributed by atoms with Gasteiger partial charge in [-0.1, -0.05) is 47.6 Å². The highest BCUT2D eigenvalue weighted by Crippen LogP contribution is 2.50. The smallest absolute Gasteiger partial charge is 0.523 e. The van der Waals surface area contributed by atoms with Gasteiger partial charge in [-0.25, -0.2) is 0 Å². The van der Waals surface area contributed by atoms with Crippen molar-refractivity contribution in [2.45, 2.75) is 51.2 Å². The summed E-state index contributed by atoms with van der Waals surface area (Å²) in [6, 6.07) is 15.8. The molecular formula is C24H26B2O4. The highest BCUT2D eigenvalue weighted by Gasteiger charge is 2.53. The van der Waals surface area contributed by atoms with E-state index in [-0.39, 0.29) is 25.9 Å². The van der Waals surface area contributed by atoms with E-state index in [9.17, 15) is 0 Å². The van der Waals surface area contributed by atoms with Crippen molar-refractivity contribution < 1.29 is 18.6 Å². The van der Waals surface area contributed by atoms with Crippen LogP contribution >= 0.6 is 0 Å². The average Bonchev–Trinajstić information content (AvgIpc) is 3.37. The van der Waals surface area contributed by atoms with Gasteiger partial charge in [0, 0.05) is 11.6 Å². The quantitative estimate of drug-likeness (QED) is 0.448. The zero-order valence-corrected chi connectivity index (χ0v) is 17.5. The third-order valence-electron chi connectivity index (χ3n) is 6.11. The Balaban J connectivity index is 1.36. The van der Waals surface area contributed by atoms with E-state index in [2.05, 4.69) is 26.0 Å². The first-order valence-electron chi connectivity index (χ1n) is 10.8. The van der Waals surface area contributed by atoms with Gasteiger partial charge in [0.25, 0.3) is 0 Å². The molecule has 0 unspecified atom stereocenters. The number of allylic oxidation sites excluding steroid dienone is 4. The predicted molar refractivity (Wildman–Crippen MR) is 120 cm³/mol. The molecule has 6 heteroatoms. The van der Waals surface area contributed by atoms with E-state index < -0.39 is 0 Å². The molecule has 3 aliphatic rings. The molecule has 0 N–H and O–H groups in total. The van der Waals surface area contributed by atoms with Gasteiger partial charge in [0.15, 0.2) is 0 Å². The standard InChI is InChI=1S/C24H26B2O4/c1-17(2)8-7-9-18-14-15-19(25-27-21-10-3-4-11-22(21)28-25)20(16-18)26-29-23-12-5-6-13-24(23)30-26/h3-6,8,10-14,19-20H,7,9,15-16H2,1-2H3/t19-,20-/m0/s1. The minimum absolute atomic E-state index is 0.156. The summed E-state index contributed by atoms with van der Waals surface area (Å²) in [6.07, 6.45) is 8.64. The van der Waals surface area contributed by atoms with Crippen molar-refractivity contribution in [2.75, 3.05) is 0 Å². The van der Waals surface area contributed by atoms with Crippen LogP contribution in [0.15, 0.2) is 71.8 Å². The molecule has 30 heavy (non-hydrogen) atoms. The molecule has 0 spiro atoms. The molecule has 2 atom stereocenters. The Morgan fingerprint density at radius 2 is 1.33 bits per heavy atom. The fourth-order valence-corrected chi connectivity index (χ4v) is 4.56. The monoisotopic (exact) mass is 400 g/mol. The van der Waals surface area contributed by atoms with Crippen molar-refractivity contribution in [2.24, 2.45) is 0 Å². The Hall–Kier alpha value is -2.75. The second-order valence-electron chi connectivity index (χ2n) is 8.55. The molecule has 2 aromatic rings. The molecule has 5 rings (SSSR count). The molecule has 0 fully saturated rings. The number of benzene rings is 2. The van der Waals surface area contributed by atoms with Gasteiger partial charge in [-0.05, 0) is 63.8 Å². The summed E-state index contributed by atoms with van der Waals surface area (Å²) in [5.74, 6) is 3.58. The summed E-state index contributed by atoms with van der Waals surface area (Å²) in [7, 11) is -0.644. The summed E-state index contributed by atoms with van der Waals surface area (Å²) < 4.78 is 24.8. The van der Waals surface area contributed by atoms with Gasteiger partial charge in [0.05, 0.1) is 0 Å². The maximum Gasteiger partial charge on any atom is 0.598 e. The molecule has 0 bridgehead atoms. The van der Waals surface area contributed by atoms with Crippen molar-refractivity contribution in [3.63, 3.8) is 0 Å². The van der Waals surface area contributed by atoms with Gasteiger partial charge >= 0.3 is 14.2 Å². The molecule has 0 saturated carbocycles. The Morgan fingerprint density at radius 1 is 0.833 bits per heavy atom. The summed E-state index contributed by atoms with van der Waals surface area (Å²) >= 11 is 0.